The van der Waals surface area contributed by atoms with Gasteiger partial charge < -0.3 is 89.9 Å². The second-order valence-electron chi connectivity index (χ2n) is 19.7. The largest absolute Gasteiger partial charge is 0.394 e. The predicted octanol–water partition coefficient (Wildman–Crippen LogP) is 2.48. The van der Waals surface area contributed by atoms with E-state index in [9.17, 15) is 61.0 Å². The Labute approximate surface area is 411 Å². The minimum absolute atomic E-state index is 0.244. The van der Waals surface area contributed by atoms with Crippen LogP contribution in [0.5, 0.6) is 0 Å². The van der Waals surface area contributed by atoms with Crippen molar-refractivity contribution in [2.24, 2.45) is 0 Å². The quantitative estimate of drug-likeness (QED) is 0.0396. The van der Waals surface area contributed by atoms with Crippen molar-refractivity contribution in [1.29, 1.82) is 0 Å². The van der Waals surface area contributed by atoms with Crippen molar-refractivity contribution in [3.05, 3.63) is 0 Å². The molecule has 3 saturated heterocycles. The highest BCUT2D eigenvalue weighted by Gasteiger charge is 2.53. The molecule has 3 aliphatic rings. The molecular weight excluding hydrogens is 903 g/mol. The number of unbranched alkanes of at least 4 members (excludes halogenated alkanes) is 22. The fourth-order valence-electron chi connectivity index (χ4n) is 9.43. The lowest BCUT2D eigenvalue weighted by atomic mass is 9.96. The second-order valence-corrected chi connectivity index (χ2v) is 19.7. The van der Waals surface area contributed by atoms with Gasteiger partial charge in [0.15, 0.2) is 18.9 Å². The van der Waals surface area contributed by atoms with E-state index in [1.165, 1.54) is 103 Å². The number of amides is 1. The highest BCUT2D eigenvalue weighted by Crippen LogP contribution is 2.33. The number of carbonyl (C=O) groups excluding carboxylic acids is 1. The highest BCUT2D eigenvalue weighted by molar-refractivity contribution is 5.76. The van der Waals surface area contributed by atoms with Crippen LogP contribution in [0.4, 0.5) is 0 Å². The Bertz CT molecular complexity index is 1290. The predicted molar refractivity (Wildman–Crippen MR) is 254 cm³/mol. The Hall–Kier alpha value is -1.21. The number of hydrogen-bond acceptors (Lipinski definition) is 18. The van der Waals surface area contributed by atoms with E-state index in [1.807, 2.05) is 0 Å². The van der Waals surface area contributed by atoms with Crippen LogP contribution in [0, 0.1) is 0 Å². The summed E-state index contributed by atoms with van der Waals surface area (Å²) in [5.41, 5.74) is 0. The number of ether oxygens (including phenoxy) is 6. The lowest BCUT2D eigenvalue weighted by Gasteiger charge is -2.48. The average Bonchev–Trinajstić information content (AvgIpc) is 3.34. The van der Waals surface area contributed by atoms with Crippen molar-refractivity contribution in [3.63, 3.8) is 0 Å². The Morgan fingerprint density at radius 1 is 0.464 bits per heavy atom. The fraction of sp³-hybridized carbons (Fsp3) is 0.980. The van der Waals surface area contributed by atoms with Crippen LogP contribution in [0.2, 0.25) is 0 Å². The average molecular weight is 998 g/mol. The first-order valence-corrected chi connectivity index (χ1v) is 26.8. The molecule has 3 fully saturated rings. The van der Waals surface area contributed by atoms with Crippen LogP contribution < -0.4 is 5.32 Å². The number of nitrogens with one attached hydrogen (secondary N) is 1. The van der Waals surface area contributed by atoms with Crippen LogP contribution in [0.25, 0.3) is 0 Å². The zero-order valence-corrected chi connectivity index (χ0v) is 41.8. The van der Waals surface area contributed by atoms with E-state index in [2.05, 4.69) is 19.2 Å². The lowest BCUT2D eigenvalue weighted by molar-refractivity contribution is -0.379. The van der Waals surface area contributed by atoms with Gasteiger partial charge in [0.2, 0.25) is 5.91 Å². The Morgan fingerprint density at radius 3 is 1.26 bits per heavy atom. The second kappa shape index (κ2) is 35.9. The summed E-state index contributed by atoms with van der Waals surface area (Å²) in [6.07, 6.45) is 2.09. The Balaban J connectivity index is 1.54. The molecule has 3 rings (SSSR count). The third-order valence-corrected chi connectivity index (χ3v) is 13.9. The van der Waals surface area contributed by atoms with E-state index < -0.39 is 124 Å². The molecule has 17 atom stereocenters. The summed E-state index contributed by atoms with van der Waals surface area (Å²) in [7, 11) is 0. The molecule has 1 amide bonds. The Morgan fingerprint density at radius 2 is 0.826 bits per heavy atom. The van der Waals surface area contributed by atoms with Crippen LogP contribution in [-0.2, 0) is 33.2 Å². The maximum Gasteiger partial charge on any atom is 0.220 e. The molecule has 0 radical (unpaired) electrons. The summed E-state index contributed by atoms with van der Waals surface area (Å²) in [4.78, 5) is 13.2. The molecule has 0 aliphatic carbocycles. The standard InChI is InChI=1S/C50H95NO18/c1-3-5-7-9-11-13-15-16-18-20-22-24-26-28-38(56)51-33(34(55)27-25-23-21-19-17-14-12-10-8-6-4-2)32-64-48-44(62)41(59)46(36(30-53)66-48)69-50-45(63)42(60)47(37(31-54)67-50)68-49-43(61)40(58)39(57)35(29-52)65-49/h33-37,39-50,52-55,57-63H,3-32H2,1-2H3,(H,51,56). The third-order valence-electron chi connectivity index (χ3n) is 13.9. The minimum atomic E-state index is -1.97. The van der Waals surface area contributed by atoms with Gasteiger partial charge >= 0.3 is 0 Å². The smallest absolute Gasteiger partial charge is 0.220 e. The number of hydrogen-bond donors (Lipinski definition) is 12. The van der Waals surface area contributed by atoms with Crippen molar-refractivity contribution in [2.75, 3.05) is 26.4 Å². The number of aliphatic hydroxyl groups is 11. The van der Waals surface area contributed by atoms with Gasteiger partial charge in [0.25, 0.3) is 0 Å². The normalized spacial score (nSPS) is 32.8. The van der Waals surface area contributed by atoms with Gasteiger partial charge in [-0.1, -0.05) is 162 Å². The van der Waals surface area contributed by atoms with Crippen LogP contribution in [0.3, 0.4) is 0 Å². The summed E-state index contributed by atoms with van der Waals surface area (Å²) in [6.45, 7) is 1.75. The number of carbonyl (C=O) groups is 1. The first-order chi connectivity index (χ1) is 33.3. The molecule has 0 bridgehead atoms. The molecule has 69 heavy (non-hydrogen) atoms. The maximum atomic E-state index is 13.2. The molecule has 408 valence electrons. The van der Waals surface area contributed by atoms with Gasteiger partial charge in [0.05, 0.1) is 38.6 Å². The van der Waals surface area contributed by atoms with E-state index >= 15 is 0 Å². The molecule has 19 nitrogen and oxygen atoms in total. The summed E-state index contributed by atoms with van der Waals surface area (Å²) in [6, 6.07) is -0.877. The summed E-state index contributed by atoms with van der Waals surface area (Å²) >= 11 is 0. The zero-order chi connectivity index (χ0) is 50.6. The van der Waals surface area contributed by atoms with Gasteiger partial charge in [-0.25, -0.2) is 0 Å². The maximum absolute atomic E-state index is 13.2. The van der Waals surface area contributed by atoms with Crippen LogP contribution in [-0.4, -0.2) is 193 Å². The number of rotatable bonds is 38. The molecule has 0 aromatic heterocycles. The van der Waals surface area contributed by atoms with Gasteiger partial charge in [-0.05, 0) is 12.8 Å². The summed E-state index contributed by atoms with van der Waals surface area (Å²) in [5.74, 6) is -0.244. The molecule has 3 aliphatic heterocycles. The summed E-state index contributed by atoms with van der Waals surface area (Å²) in [5, 5.41) is 120. The van der Waals surface area contributed by atoms with Gasteiger partial charge in [-0.2, -0.15) is 0 Å². The van der Waals surface area contributed by atoms with Gasteiger partial charge in [0.1, 0.15) is 73.2 Å². The van der Waals surface area contributed by atoms with E-state index in [0.29, 0.717) is 12.8 Å². The van der Waals surface area contributed by atoms with Crippen molar-refractivity contribution in [1.82, 2.24) is 5.32 Å². The summed E-state index contributed by atoms with van der Waals surface area (Å²) < 4.78 is 34.2. The van der Waals surface area contributed by atoms with Crippen molar-refractivity contribution >= 4 is 5.91 Å². The van der Waals surface area contributed by atoms with Gasteiger partial charge in [-0.15, -0.1) is 0 Å². The topological polar surface area (TPSA) is 307 Å². The van der Waals surface area contributed by atoms with E-state index in [0.717, 1.165) is 44.9 Å². The van der Waals surface area contributed by atoms with E-state index in [-0.39, 0.29) is 18.9 Å². The minimum Gasteiger partial charge on any atom is -0.394 e. The number of aliphatic hydroxyl groups excluding tert-OH is 11. The van der Waals surface area contributed by atoms with Crippen molar-refractivity contribution < 1.29 is 89.4 Å². The van der Waals surface area contributed by atoms with Crippen molar-refractivity contribution in [2.45, 2.75) is 285 Å². The van der Waals surface area contributed by atoms with Crippen LogP contribution in [0.1, 0.15) is 181 Å². The third kappa shape index (κ3) is 21.7. The van der Waals surface area contributed by atoms with Crippen LogP contribution >= 0.6 is 0 Å². The van der Waals surface area contributed by atoms with Crippen LogP contribution in [0.15, 0.2) is 0 Å². The first kappa shape index (κ1) is 62.1. The molecule has 19 heteroatoms. The van der Waals surface area contributed by atoms with Gasteiger partial charge in [0, 0.05) is 6.42 Å². The molecule has 12 N–H and O–H groups in total. The molecule has 0 aromatic carbocycles. The monoisotopic (exact) mass is 998 g/mol. The molecule has 0 spiro atoms. The highest BCUT2D eigenvalue weighted by atomic mass is 16.8. The molecule has 0 saturated carbocycles. The van der Waals surface area contributed by atoms with E-state index in [4.69, 9.17) is 28.4 Å². The van der Waals surface area contributed by atoms with Crippen molar-refractivity contribution in [3.8, 4) is 0 Å². The zero-order valence-electron chi connectivity index (χ0n) is 41.8. The molecule has 0 aromatic rings. The first-order valence-electron chi connectivity index (χ1n) is 26.8. The van der Waals surface area contributed by atoms with E-state index in [1.54, 1.807) is 0 Å². The molecule has 3 heterocycles. The molecular formula is C50H95NO18. The lowest BCUT2D eigenvalue weighted by Crippen LogP contribution is -2.66. The molecule has 17 unspecified atom stereocenters. The Kier molecular flexibility index (Phi) is 32.3. The SMILES string of the molecule is CCCCCCCCCCCCCCCC(=O)NC(COC1OC(CO)C(OC2OC(CO)C(OC3OC(CO)C(O)C(O)C3O)C(O)C2O)C(O)C1O)C(O)CCCCCCCCCCCCC. The fourth-order valence-corrected chi connectivity index (χ4v) is 9.43. The van der Waals surface area contributed by atoms with Gasteiger partial charge in [-0.3, -0.25) is 4.79 Å².